The van der Waals surface area contributed by atoms with E-state index in [9.17, 15) is 4.79 Å². The van der Waals surface area contributed by atoms with Crippen LogP contribution in [0.3, 0.4) is 0 Å². The first-order valence-electron chi connectivity index (χ1n) is 10.6. The Morgan fingerprint density at radius 1 is 1.21 bits per heavy atom. The molecule has 1 fully saturated rings. The van der Waals surface area contributed by atoms with Crippen molar-refractivity contribution in [1.82, 2.24) is 15.1 Å². The lowest BCUT2D eigenvalue weighted by atomic mass is 9.97. The van der Waals surface area contributed by atoms with E-state index in [4.69, 9.17) is 4.74 Å². The number of fused-ring (bicyclic) bond motifs is 1. The quantitative estimate of drug-likeness (QED) is 0.208. The third-order valence-electron chi connectivity index (χ3n) is 5.77. The lowest BCUT2D eigenvalue weighted by Gasteiger charge is -2.33. The van der Waals surface area contributed by atoms with Gasteiger partial charge in [-0.3, -0.25) is 14.7 Å². The van der Waals surface area contributed by atoms with Gasteiger partial charge < -0.3 is 15.0 Å². The maximum absolute atomic E-state index is 11.9. The standard InChI is InChI=1S/C22H34N4O2.HI/c1-3-28-21(27)19-10-15-26(16-11-19)22(23-2)24-12-6-13-25-14-9-18-7-4-5-8-20(18)17-25;/h4-5,7-8,19H,3,6,9-17H2,1-2H3,(H,23,24);1H. The van der Waals surface area contributed by atoms with Crippen molar-refractivity contribution in [3.8, 4) is 0 Å². The number of nitrogens with zero attached hydrogens (tertiary/aromatic N) is 3. The molecule has 1 saturated heterocycles. The van der Waals surface area contributed by atoms with Crippen molar-refractivity contribution in [2.75, 3.05) is 46.4 Å². The molecule has 29 heavy (non-hydrogen) atoms. The summed E-state index contributed by atoms with van der Waals surface area (Å²) < 4.78 is 5.15. The van der Waals surface area contributed by atoms with E-state index in [-0.39, 0.29) is 35.9 Å². The van der Waals surface area contributed by atoms with Crippen LogP contribution in [-0.4, -0.2) is 68.1 Å². The lowest BCUT2D eigenvalue weighted by Crippen LogP contribution is -2.47. The van der Waals surface area contributed by atoms with Gasteiger partial charge in [-0.15, -0.1) is 24.0 Å². The lowest BCUT2D eigenvalue weighted by molar-refractivity contribution is -0.149. The van der Waals surface area contributed by atoms with E-state index in [0.29, 0.717) is 6.61 Å². The molecule has 6 nitrogen and oxygen atoms in total. The average Bonchev–Trinajstić information content (AvgIpc) is 2.74. The van der Waals surface area contributed by atoms with Crippen LogP contribution in [-0.2, 0) is 22.5 Å². The Morgan fingerprint density at radius 3 is 2.62 bits per heavy atom. The van der Waals surface area contributed by atoms with Gasteiger partial charge in [0.05, 0.1) is 12.5 Å². The Morgan fingerprint density at radius 2 is 1.93 bits per heavy atom. The molecule has 0 atom stereocenters. The topological polar surface area (TPSA) is 57.2 Å². The predicted octanol–water partition coefficient (Wildman–Crippen LogP) is 2.90. The molecule has 2 aliphatic heterocycles. The first-order chi connectivity index (χ1) is 13.7. The summed E-state index contributed by atoms with van der Waals surface area (Å²) >= 11 is 0. The normalized spacial score (nSPS) is 18.0. The number of ether oxygens (including phenoxy) is 1. The second kappa shape index (κ2) is 12.4. The van der Waals surface area contributed by atoms with Crippen LogP contribution >= 0.6 is 24.0 Å². The molecule has 0 bridgehead atoms. The van der Waals surface area contributed by atoms with Gasteiger partial charge >= 0.3 is 5.97 Å². The zero-order valence-corrected chi connectivity index (χ0v) is 20.1. The Bertz CT molecular complexity index is 675. The van der Waals surface area contributed by atoms with Gasteiger partial charge in [-0.1, -0.05) is 24.3 Å². The van der Waals surface area contributed by atoms with E-state index in [1.165, 1.54) is 11.1 Å². The van der Waals surface area contributed by atoms with Gasteiger partial charge in [-0.2, -0.15) is 0 Å². The van der Waals surface area contributed by atoms with Crippen molar-refractivity contribution in [3.05, 3.63) is 35.4 Å². The van der Waals surface area contributed by atoms with Crippen LogP contribution in [0.2, 0.25) is 0 Å². The van der Waals surface area contributed by atoms with Gasteiger partial charge in [0.2, 0.25) is 0 Å². The number of esters is 1. The first kappa shape index (κ1) is 23.9. The molecule has 0 saturated carbocycles. The van der Waals surface area contributed by atoms with E-state index in [1.54, 1.807) is 0 Å². The molecule has 1 aromatic rings. The largest absolute Gasteiger partial charge is 0.466 e. The van der Waals surface area contributed by atoms with Gasteiger partial charge in [-0.25, -0.2) is 0 Å². The third-order valence-corrected chi connectivity index (χ3v) is 5.77. The van der Waals surface area contributed by atoms with E-state index in [1.807, 2.05) is 14.0 Å². The van der Waals surface area contributed by atoms with Crippen molar-refractivity contribution < 1.29 is 9.53 Å². The number of guanidine groups is 1. The number of hydrogen-bond acceptors (Lipinski definition) is 4. The fraction of sp³-hybridized carbons (Fsp3) is 0.636. The molecule has 1 N–H and O–H groups in total. The predicted molar refractivity (Wildman–Crippen MR) is 128 cm³/mol. The molecule has 3 rings (SSSR count). The zero-order valence-electron chi connectivity index (χ0n) is 17.7. The number of aliphatic imine (C=N–C) groups is 1. The summed E-state index contributed by atoms with van der Waals surface area (Å²) in [5.41, 5.74) is 2.98. The fourth-order valence-corrected chi connectivity index (χ4v) is 4.17. The molecule has 162 valence electrons. The van der Waals surface area contributed by atoms with Crippen LogP contribution in [0.1, 0.15) is 37.3 Å². The number of hydrogen-bond donors (Lipinski definition) is 1. The third kappa shape index (κ3) is 6.84. The number of halogens is 1. The summed E-state index contributed by atoms with van der Waals surface area (Å²) in [7, 11) is 1.83. The molecule has 2 aliphatic rings. The smallest absolute Gasteiger partial charge is 0.309 e. The first-order valence-corrected chi connectivity index (χ1v) is 10.6. The van der Waals surface area contributed by atoms with Crippen molar-refractivity contribution in [2.45, 2.75) is 39.2 Å². The van der Waals surface area contributed by atoms with Gasteiger partial charge in [0.1, 0.15) is 0 Å². The van der Waals surface area contributed by atoms with Gasteiger partial charge in [0, 0.05) is 46.3 Å². The molecule has 0 radical (unpaired) electrons. The van der Waals surface area contributed by atoms with Gasteiger partial charge in [0.15, 0.2) is 5.96 Å². The molecule has 0 amide bonds. The molecular weight excluding hydrogens is 479 g/mol. The van der Waals surface area contributed by atoms with Crippen molar-refractivity contribution in [3.63, 3.8) is 0 Å². The van der Waals surface area contributed by atoms with Crippen LogP contribution in [0, 0.1) is 5.92 Å². The summed E-state index contributed by atoms with van der Waals surface area (Å²) in [5.74, 6) is 0.941. The Balaban J connectivity index is 0.00000300. The highest BCUT2D eigenvalue weighted by Crippen LogP contribution is 2.19. The van der Waals surface area contributed by atoms with E-state index in [0.717, 1.165) is 70.9 Å². The SMILES string of the molecule is CCOC(=O)C1CCN(C(=NC)NCCCN2CCc3ccccc3C2)CC1.I. The molecule has 7 heteroatoms. The van der Waals surface area contributed by atoms with E-state index >= 15 is 0 Å². The highest BCUT2D eigenvalue weighted by molar-refractivity contribution is 14.0. The van der Waals surface area contributed by atoms with Crippen LogP contribution in [0.5, 0.6) is 0 Å². The summed E-state index contributed by atoms with van der Waals surface area (Å²) in [4.78, 5) is 21.1. The number of likely N-dealkylation sites (tertiary alicyclic amines) is 1. The number of carbonyl (C=O) groups excluding carboxylic acids is 1. The Hall–Kier alpha value is -1.35. The maximum Gasteiger partial charge on any atom is 0.309 e. The number of rotatable bonds is 6. The second-order valence-corrected chi connectivity index (χ2v) is 7.64. The van der Waals surface area contributed by atoms with Gasteiger partial charge in [0.25, 0.3) is 0 Å². The molecule has 1 aromatic carbocycles. The molecule has 0 unspecified atom stereocenters. The zero-order chi connectivity index (χ0) is 19.8. The minimum absolute atomic E-state index is 0. The van der Waals surface area contributed by atoms with Crippen molar-refractivity contribution in [1.29, 1.82) is 0 Å². The highest BCUT2D eigenvalue weighted by atomic mass is 127. The summed E-state index contributed by atoms with van der Waals surface area (Å²) in [5, 5.41) is 3.50. The minimum Gasteiger partial charge on any atom is -0.466 e. The van der Waals surface area contributed by atoms with Crippen LogP contribution in [0.15, 0.2) is 29.3 Å². The summed E-state index contributed by atoms with van der Waals surface area (Å²) in [6.07, 6.45) is 3.93. The minimum atomic E-state index is -0.0480. The molecule has 2 heterocycles. The van der Waals surface area contributed by atoms with Crippen LogP contribution in [0.4, 0.5) is 0 Å². The number of nitrogens with one attached hydrogen (secondary N) is 1. The van der Waals surface area contributed by atoms with Crippen LogP contribution < -0.4 is 5.32 Å². The molecular formula is C22H35IN4O2. The fourth-order valence-electron chi connectivity index (χ4n) is 4.17. The van der Waals surface area contributed by atoms with E-state index in [2.05, 4.69) is 44.4 Å². The highest BCUT2D eigenvalue weighted by Gasteiger charge is 2.27. The molecule has 0 aromatic heterocycles. The van der Waals surface area contributed by atoms with Crippen LogP contribution in [0.25, 0.3) is 0 Å². The molecule has 0 spiro atoms. The number of carbonyl (C=O) groups is 1. The average molecular weight is 514 g/mol. The summed E-state index contributed by atoms with van der Waals surface area (Å²) in [6.45, 7) is 8.26. The van der Waals surface area contributed by atoms with Crippen molar-refractivity contribution in [2.24, 2.45) is 10.9 Å². The Labute approximate surface area is 192 Å². The monoisotopic (exact) mass is 514 g/mol. The second-order valence-electron chi connectivity index (χ2n) is 7.64. The number of piperidine rings is 1. The maximum atomic E-state index is 11.9. The Kier molecular flexibility index (Phi) is 10.2. The number of benzene rings is 1. The summed E-state index contributed by atoms with van der Waals surface area (Å²) in [6, 6.07) is 8.78. The molecule has 0 aliphatic carbocycles. The van der Waals surface area contributed by atoms with E-state index < -0.39 is 0 Å². The van der Waals surface area contributed by atoms with Gasteiger partial charge in [-0.05, 0) is 43.7 Å². The van der Waals surface area contributed by atoms with Crippen molar-refractivity contribution >= 4 is 35.9 Å².